The first kappa shape index (κ1) is 16.3. The lowest BCUT2D eigenvalue weighted by atomic mass is 10.3. The topological polar surface area (TPSA) is 72.2 Å². The van der Waals surface area contributed by atoms with Crippen molar-refractivity contribution < 1.29 is 8.42 Å². The Morgan fingerprint density at radius 2 is 1.86 bits per heavy atom. The molecule has 4 nitrogen and oxygen atoms in total. The van der Waals surface area contributed by atoms with Crippen LogP contribution in [0, 0.1) is 0 Å². The lowest BCUT2D eigenvalue weighted by Crippen LogP contribution is -2.16. The van der Waals surface area contributed by atoms with Crippen LogP contribution < -0.4 is 10.5 Å². The number of nitrogen functional groups attached to an aromatic ring is 1. The molecule has 0 saturated carbocycles. The number of hydrogen-bond acceptors (Lipinski definition) is 4. The van der Waals surface area contributed by atoms with E-state index in [0.29, 0.717) is 5.69 Å². The molecule has 0 aliphatic heterocycles. The fourth-order valence-corrected chi connectivity index (χ4v) is 4.48. The van der Waals surface area contributed by atoms with E-state index >= 15 is 0 Å². The fraction of sp³-hybridized carbons (Fsp3) is 0.0769. The molecule has 0 fully saturated rings. The third-order valence-corrected chi connectivity index (χ3v) is 5.56. The van der Waals surface area contributed by atoms with Gasteiger partial charge in [-0.3, -0.25) is 4.72 Å². The number of rotatable bonds is 4. The lowest BCUT2D eigenvalue weighted by molar-refractivity contribution is 0.601. The Bertz CT molecular complexity index is 756. The van der Waals surface area contributed by atoms with Gasteiger partial charge in [0.15, 0.2) is 0 Å². The summed E-state index contributed by atoms with van der Waals surface area (Å²) in [4.78, 5) is 0.620. The summed E-state index contributed by atoms with van der Waals surface area (Å²) in [5.41, 5.74) is 6.21. The summed E-state index contributed by atoms with van der Waals surface area (Å²) in [6.45, 7) is 0. The number of nitrogens with two attached hydrogens (primary N) is 1. The van der Waals surface area contributed by atoms with Crippen molar-refractivity contribution in [3.05, 3.63) is 46.4 Å². The summed E-state index contributed by atoms with van der Waals surface area (Å²) in [6, 6.07) is 9.74. The van der Waals surface area contributed by atoms with Crippen molar-refractivity contribution in [2.45, 2.75) is 9.79 Å². The largest absolute Gasteiger partial charge is 0.398 e. The molecule has 0 spiro atoms. The number of para-hydroxylation sites is 1. The van der Waals surface area contributed by atoms with Crippen LogP contribution in [0.4, 0.5) is 11.4 Å². The van der Waals surface area contributed by atoms with E-state index in [1.54, 1.807) is 12.1 Å². The maximum atomic E-state index is 12.5. The van der Waals surface area contributed by atoms with E-state index in [0.717, 1.165) is 4.90 Å². The maximum absolute atomic E-state index is 12.5. The zero-order valence-electron chi connectivity index (χ0n) is 10.9. The Morgan fingerprint density at radius 3 is 2.48 bits per heavy atom. The summed E-state index contributed by atoms with van der Waals surface area (Å²) >= 11 is 13.2. The summed E-state index contributed by atoms with van der Waals surface area (Å²) in [5, 5.41) is 0.259. The van der Waals surface area contributed by atoms with Crippen molar-refractivity contribution in [2.75, 3.05) is 16.7 Å². The highest BCUT2D eigenvalue weighted by Crippen LogP contribution is 2.34. The quantitative estimate of drug-likeness (QED) is 0.634. The average Bonchev–Trinajstić information content (AvgIpc) is 2.37. The highest BCUT2D eigenvalue weighted by Gasteiger charge is 2.23. The molecule has 0 unspecified atom stereocenters. The molecule has 21 heavy (non-hydrogen) atoms. The van der Waals surface area contributed by atoms with E-state index in [9.17, 15) is 8.42 Å². The Kier molecular flexibility index (Phi) is 4.93. The first-order valence-electron chi connectivity index (χ1n) is 5.75. The van der Waals surface area contributed by atoms with Gasteiger partial charge >= 0.3 is 0 Å². The molecule has 0 bridgehead atoms. The van der Waals surface area contributed by atoms with Crippen LogP contribution in [-0.2, 0) is 10.0 Å². The van der Waals surface area contributed by atoms with Crippen molar-refractivity contribution in [1.82, 2.24) is 0 Å². The fourth-order valence-electron chi connectivity index (χ4n) is 1.79. The van der Waals surface area contributed by atoms with Crippen LogP contribution in [0.3, 0.4) is 0 Å². The molecule has 2 aromatic carbocycles. The first-order chi connectivity index (χ1) is 9.85. The van der Waals surface area contributed by atoms with Crippen LogP contribution in [0.5, 0.6) is 0 Å². The predicted octanol–water partition coefficient (Wildman–Crippen LogP) is 4.10. The van der Waals surface area contributed by atoms with Gasteiger partial charge in [-0.15, -0.1) is 11.8 Å². The number of halogens is 2. The molecule has 112 valence electrons. The van der Waals surface area contributed by atoms with E-state index < -0.39 is 10.0 Å². The van der Waals surface area contributed by atoms with Crippen LogP contribution in [0.15, 0.2) is 46.2 Å². The molecule has 2 aromatic rings. The van der Waals surface area contributed by atoms with Crippen LogP contribution in [0.1, 0.15) is 0 Å². The number of hydrogen-bond donors (Lipinski definition) is 2. The number of anilines is 2. The molecule has 0 amide bonds. The third kappa shape index (κ3) is 3.58. The molecule has 8 heteroatoms. The lowest BCUT2D eigenvalue weighted by Gasteiger charge is -2.14. The number of benzene rings is 2. The van der Waals surface area contributed by atoms with Gasteiger partial charge < -0.3 is 5.73 Å². The second kappa shape index (κ2) is 6.36. The molecule has 0 radical (unpaired) electrons. The average molecular weight is 363 g/mol. The second-order valence-corrected chi connectivity index (χ2v) is 7.42. The molecular formula is C13H12Cl2N2O2S2. The van der Waals surface area contributed by atoms with Crippen molar-refractivity contribution in [3.8, 4) is 0 Å². The summed E-state index contributed by atoms with van der Waals surface area (Å²) in [7, 11) is -3.90. The van der Waals surface area contributed by atoms with Gasteiger partial charge in [0.1, 0.15) is 4.90 Å². The van der Waals surface area contributed by atoms with Crippen LogP contribution in [0.2, 0.25) is 10.0 Å². The van der Waals surface area contributed by atoms with Crippen LogP contribution >= 0.6 is 35.0 Å². The first-order valence-corrected chi connectivity index (χ1v) is 9.22. The number of sulfonamides is 1. The van der Waals surface area contributed by atoms with Gasteiger partial charge in [0.05, 0.1) is 16.4 Å². The van der Waals surface area contributed by atoms with Gasteiger partial charge in [0, 0.05) is 9.92 Å². The van der Waals surface area contributed by atoms with E-state index in [1.807, 2.05) is 18.4 Å². The monoisotopic (exact) mass is 362 g/mol. The van der Waals surface area contributed by atoms with Gasteiger partial charge in [-0.05, 0) is 30.5 Å². The van der Waals surface area contributed by atoms with Crippen LogP contribution in [0.25, 0.3) is 0 Å². The Labute approximate surface area is 137 Å². The highest BCUT2D eigenvalue weighted by molar-refractivity contribution is 7.99. The van der Waals surface area contributed by atoms with Crippen molar-refractivity contribution in [2.24, 2.45) is 0 Å². The molecule has 0 heterocycles. The third-order valence-electron chi connectivity index (χ3n) is 2.66. The van der Waals surface area contributed by atoms with Crippen LogP contribution in [-0.4, -0.2) is 14.7 Å². The van der Waals surface area contributed by atoms with Gasteiger partial charge in [0.2, 0.25) is 0 Å². The van der Waals surface area contributed by atoms with Gasteiger partial charge in [-0.25, -0.2) is 8.42 Å². The Hall–Kier alpha value is -1.08. The zero-order valence-corrected chi connectivity index (χ0v) is 14.1. The minimum Gasteiger partial charge on any atom is -0.398 e. The smallest absolute Gasteiger partial charge is 0.265 e. The maximum Gasteiger partial charge on any atom is 0.265 e. The van der Waals surface area contributed by atoms with E-state index in [4.69, 9.17) is 28.9 Å². The minimum atomic E-state index is -3.90. The summed E-state index contributed by atoms with van der Waals surface area (Å²) < 4.78 is 27.5. The Morgan fingerprint density at radius 1 is 1.19 bits per heavy atom. The predicted molar refractivity (Wildman–Crippen MR) is 89.9 cm³/mol. The second-order valence-electron chi connectivity index (χ2n) is 4.11. The van der Waals surface area contributed by atoms with Gasteiger partial charge in [-0.2, -0.15) is 0 Å². The normalized spacial score (nSPS) is 11.4. The molecular weight excluding hydrogens is 351 g/mol. The SMILES string of the molecule is CSc1ccccc1NS(=O)(=O)c1c(N)cc(Cl)cc1Cl. The van der Waals surface area contributed by atoms with Crippen molar-refractivity contribution in [3.63, 3.8) is 0 Å². The van der Waals surface area contributed by atoms with Gasteiger partial charge in [-0.1, -0.05) is 35.3 Å². The van der Waals surface area contributed by atoms with E-state index in [2.05, 4.69) is 4.72 Å². The minimum absolute atomic E-state index is 0.00151. The van der Waals surface area contributed by atoms with Crippen molar-refractivity contribution >= 4 is 56.4 Å². The molecule has 0 saturated heterocycles. The molecule has 0 aliphatic rings. The molecule has 2 rings (SSSR count). The van der Waals surface area contributed by atoms with Crippen molar-refractivity contribution in [1.29, 1.82) is 0 Å². The molecule has 0 atom stereocenters. The van der Waals surface area contributed by atoms with E-state index in [-0.39, 0.29) is 20.6 Å². The number of nitrogens with one attached hydrogen (secondary N) is 1. The molecule has 3 N–H and O–H groups in total. The van der Waals surface area contributed by atoms with E-state index in [1.165, 1.54) is 23.9 Å². The molecule has 0 aromatic heterocycles. The summed E-state index contributed by atoms with van der Waals surface area (Å²) in [5.74, 6) is 0. The summed E-state index contributed by atoms with van der Waals surface area (Å²) in [6.07, 6.45) is 1.86. The Balaban J connectivity index is 2.49. The standard InChI is InChI=1S/C13H12Cl2N2O2S2/c1-20-12-5-3-2-4-11(12)17-21(18,19)13-9(15)6-8(14)7-10(13)16/h2-7,17H,16H2,1H3. The number of thioether (sulfide) groups is 1. The zero-order chi connectivity index (χ0) is 15.6. The van der Waals surface area contributed by atoms with Gasteiger partial charge in [0.25, 0.3) is 10.0 Å². The highest BCUT2D eigenvalue weighted by atomic mass is 35.5. The molecule has 0 aliphatic carbocycles.